The minimum atomic E-state index is -1.23. The van der Waals surface area contributed by atoms with Crippen LogP contribution in [-0.2, 0) is 9.59 Å². The summed E-state index contributed by atoms with van der Waals surface area (Å²) in [6, 6.07) is 14.2. The SMILES string of the molecule is CC(C)n1c(/C=C/C(=O)C[C@H](O)CC(=O)O)c(-c2ccc(F)cc2)c2ccccc21. The number of hydrogen-bond acceptors (Lipinski definition) is 3. The van der Waals surface area contributed by atoms with Gasteiger partial charge in [-0.15, -0.1) is 0 Å². The second kappa shape index (κ2) is 9.05. The normalized spacial score (nSPS) is 12.7. The van der Waals surface area contributed by atoms with Crippen molar-refractivity contribution in [2.24, 2.45) is 0 Å². The number of aromatic nitrogens is 1. The topological polar surface area (TPSA) is 79.5 Å². The third-order valence-corrected chi connectivity index (χ3v) is 4.87. The van der Waals surface area contributed by atoms with Crippen molar-refractivity contribution in [3.05, 3.63) is 66.1 Å². The second-order valence-electron chi connectivity index (χ2n) is 7.50. The van der Waals surface area contributed by atoms with Crippen LogP contribution in [0.25, 0.3) is 28.1 Å². The third kappa shape index (κ3) is 4.66. The van der Waals surface area contributed by atoms with Gasteiger partial charge in [-0.05, 0) is 49.8 Å². The Bertz CT molecular complexity index is 1100. The second-order valence-corrected chi connectivity index (χ2v) is 7.50. The van der Waals surface area contributed by atoms with Gasteiger partial charge < -0.3 is 14.8 Å². The Morgan fingerprint density at radius 1 is 1.07 bits per heavy atom. The van der Waals surface area contributed by atoms with Gasteiger partial charge in [-0.3, -0.25) is 9.59 Å². The molecule has 0 aliphatic heterocycles. The van der Waals surface area contributed by atoms with E-state index in [9.17, 15) is 19.1 Å². The van der Waals surface area contributed by atoms with Crippen molar-refractivity contribution < 1.29 is 24.2 Å². The van der Waals surface area contributed by atoms with Gasteiger partial charge >= 0.3 is 5.97 Å². The van der Waals surface area contributed by atoms with Crippen LogP contribution in [0.2, 0.25) is 0 Å². The number of aliphatic carboxylic acids is 1. The lowest BCUT2D eigenvalue weighted by molar-refractivity contribution is -0.139. The third-order valence-electron chi connectivity index (χ3n) is 4.87. The highest BCUT2D eigenvalue weighted by atomic mass is 19.1. The molecule has 2 aromatic carbocycles. The Balaban J connectivity index is 2.09. The average molecular weight is 409 g/mol. The number of aliphatic hydroxyl groups excluding tert-OH is 1. The Morgan fingerprint density at radius 3 is 2.37 bits per heavy atom. The molecule has 0 spiro atoms. The van der Waals surface area contributed by atoms with Crippen molar-refractivity contribution in [1.29, 1.82) is 0 Å². The zero-order valence-corrected chi connectivity index (χ0v) is 16.9. The maximum absolute atomic E-state index is 13.5. The van der Waals surface area contributed by atoms with E-state index in [4.69, 9.17) is 5.11 Å². The molecule has 3 aromatic rings. The quantitative estimate of drug-likeness (QED) is 0.522. The lowest BCUT2D eigenvalue weighted by Crippen LogP contribution is -2.16. The van der Waals surface area contributed by atoms with Crippen LogP contribution >= 0.6 is 0 Å². The zero-order chi connectivity index (χ0) is 21.8. The lowest BCUT2D eigenvalue weighted by atomic mass is 10.0. The van der Waals surface area contributed by atoms with Crippen molar-refractivity contribution in [1.82, 2.24) is 4.57 Å². The number of halogens is 1. The number of para-hydroxylation sites is 1. The van der Waals surface area contributed by atoms with Crippen LogP contribution in [0.15, 0.2) is 54.6 Å². The van der Waals surface area contributed by atoms with Crippen LogP contribution < -0.4 is 0 Å². The maximum Gasteiger partial charge on any atom is 0.305 e. The van der Waals surface area contributed by atoms with Crippen molar-refractivity contribution in [2.75, 3.05) is 0 Å². The molecule has 0 aliphatic carbocycles. The molecule has 6 heteroatoms. The Labute approximate surface area is 174 Å². The van der Waals surface area contributed by atoms with Gasteiger partial charge in [-0.2, -0.15) is 0 Å². The molecule has 1 heterocycles. The highest BCUT2D eigenvalue weighted by molar-refractivity contribution is 6.03. The summed E-state index contributed by atoms with van der Waals surface area (Å²) in [4.78, 5) is 23.0. The van der Waals surface area contributed by atoms with E-state index in [2.05, 4.69) is 4.57 Å². The Hall–Kier alpha value is -3.25. The summed E-state index contributed by atoms with van der Waals surface area (Å²) in [5.41, 5.74) is 3.49. The summed E-state index contributed by atoms with van der Waals surface area (Å²) >= 11 is 0. The first kappa shape index (κ1) is 21.5. The van der Waals surface area contributed by atoms with E-state index in [0.717, 1.165) is 27.7 Å². The lowest BCUT2D eigenvalue weighted by Gasteiger charge is -2.14. The van der Waals surface area contributed by atoms with Gasteiger partial charge in [0.2, 0.25) is 0 Å². The molecular weight excluding hydrogens is 385 g/mol. The molecule has 0 amide bonds. The average Bonchev–Trinajstić information content (AvgIpc) is 3.00. The van der Waals surface area contributed by atoms with E-state index < -0.39 is 18.5 Å². The molecule has 0 fully saturated rings. The van der Waals surface area contributed by atoms with E-state index in [1.54, 1.807) is 18.2 Å². The number of benzene rings is 2. The standard InChI is InChI=1S/C24H24FNO4/c1-15(2)26-21-6-4-3-5-20(21)24(16-7-9-17(25)10-8-16)22(26)12-11-18(27)13-19(28)14-23(29)30/h3-12,15,19,28H,13-14H2,1-2H3,(H,29,30)/b12-11+/t19-/m0/s1. The highest BCUT2D eigenvalue weighted by Crippen LogP contribution is 2.37. The van der Waals surface area contributed by atoms with E-state index in [1.807, 2.05) is 38.1 Å². The van der Waals surface area contributed by atoms with Gasteiger partial charge in [-0.25, -0.2) is 4.39 Å². The smallest absolute Gasteiger partial charge is 0.305 e. The molecule has 5 nitrogen and oxygen atoms in total. The summed E-state index contributed by atoms with van der Waals surface area (Å²) in [5, 5.41) is 19.5. The summed E-state index contributed by atoms with van der Waals surface area (Å²) in [7, 11) is 0. The van der Waals surface area contributed by atoms with Crippen molar-refractivity contribution in [2.45, 2.75) is 38.8 Å². The number of ketones is 1. The molecule has 0 radical (unpaired) electrons. The predicted molar refractivity (Wildman–Crippen MR) is 115 cm³/mol. The molecule has 0 aliphatic rings. The van der Waals surface area contributed by atoms with E-state index in [-0.39, 0.29) is 24.1 Å². The van der Waals surface area contributed by atoms with Gasteiger partial charge in [0.15, 0.2) is 5.78 Å². The van der Waals surface area contributed by atoms with Crippen LogP contribution in [-0.4, -0.2) is 32.6 Å². The van der Waals surface area contributed by atoms with Gasteiger partial charge in [0, 0.05) is 28.9 Å². The first-order valence-corrected chi connectivity index (χ1v) is 9.77. The highest BCUT2D eigenvalue weighted by Gasteiger charge is 2.19. The molecule has 156 valence electrons. The van der Waals surface area contributed by atoms with E-state index >= 15 is 0 Å². The van der Waals surface area contributed by atoms with Gasteiger partial charge in [0.1, 0.15) is 5.82 Å². The molecule has 0 unspecified atom stereocenters. The first-order chi connectivity index (χ1) is 14.3. The summed E-state index contributed by atoms with van der Waals surface area (Å²) in [5.74, 6) is -1.85. The first-order valence-electron chi connectivity index (χ1n) is 9.77. The van der Waals surface area contributed by atoms with E-state index in [1.165, 1.54) is 18.2 Å². The molecular formula is C24H24FNO4. The Kier molecular flexibility index (Phi) is 6.47. The van der Waals surface area contributed by atoms with Crippen LogP contribution in [0.3, 0.4) is 0 Å². The largest absolute Gasteiger partial charge is 0.481 e. The maximum atomic E-state index is 13.5. The number of carboxylic acids is 1. The fourth-order valence-electron chi connectivity index (χ4n) is 3.67. The van der Waals surface area contributed by atoms with Crippen LogP contribution in [0.4, 0.5) is 4.39 Å². The van der Waals surface area contributed by atoms with Crippen molar-refractivity contribution >= 4 is 28.7 Å². The summed E-state index contributed by atoms with van der Waals surface area (Å²) < 4.78 is 15.6. The number of aliphatic hydroxyl groups is 1. The van der Waals surface area contributed by atoms with Crippen LogP contribution in [0.5, 0.6) is 0 Å². The summed E-state index contributed by atoms with van der Waals surface area (Å²) in [6.07, 6.45) is 1.08. The number of allylic oxidation sites excluding steroid dienone is 1. The number of carbonyl (C=O) groups excluding carboxylic acids is 1. The number of hydrogen-bond donors (Lipinski definition) is 2. The van der Waals surface area contributed by atoms with E-state index in [0.29, 0.717) is 0 Å². The van der Waals surface area contributed by atoms with Crippen LogP contribution in [0, 0.1) is 5.82 Å². The van der Waals surface area contributed by atoms with Crippen molar-refractivity contribution in [3.63, 3.8) is 0 Å². The van der Waals surface area contributed by atoms with Crippen molar-refractivity contribution in [3.8, 4) is 11.1 Å². The monoisotopic (exact) mass is 409 g/mol. The number of carboxylic acid groups (broad SMARTS) is 1. The molecule has 1 aromatic heterocycles. The molecule has 2 N–H and O–H groups in total. The summed E-state index contributed by atoms with van der Waals surface area (Å²) in [6.45, 7) is 4.08. The minimum absolute atomic E-state index is 0.0939. The van der Waals surface area contributed by atoms with Gasteiger partial charge in [0.05, 0.1) is 18.2 Å². The number of rotatable bonds is 8. The number of fused-ring (bicyclic) bond motifs is 1. The van der Waals surface area contributed by atoms with Gasteiger partial charge in [0.25, 0.3) is 0 Å². The fourth-order valence-corrected chi connectivity index (χ4v) is 3.67. The number of carbonyl (C=O) groups is 2. The molecule has 1 atom stereocenters. The minimum Gasteiger partial charge on any atom is -0.481 e. The zero-order valence-electron chi connectivity index (χ0n) is 16.9. The number of nitrogens with zero attached hydrogens (tertiary/aromatic N) is 1. The van der Waals surface area contributed by atoms with Crippen LogP contribution in [0.1, 0.15) is 38.4 Å². The Morgan fingerprint density at radius 2 is 1.73 bits per heavy atom. The molecule has 0 bridgehead atoms. The molecule has 0 saturated heterocycles. The molecule has 3 rings (SSSR count). The predicted octanol–water partition coefficient (Wildman–Crippen LogP) is 4.84. The molecule has 30 heavy (non-hydrogen) atoms. The van der Waals surface area contributed by atoms with Gasteiger partial charge in [-0.1, -0.05) is 30.3 Å². The molecule has 0 saturated carbocycles. The fraction of sp³-hybridized carbons (Fsp3) is 0.250.